The Balaban J connectivity index is 0.00000161. The van der Waals surface area contributed by atoms with Crippen LogP contribution in [0, 0.1) is 0 Å². The van der Waals surface area contributed by atoms with Crippen LogP contribution in [0.5, 0.6) is 0 Å². The third-order valence-electron chi connectivity index (χ3n) is 4.61. The fourth-order valence-electron chi connectivity index (χ4n) is 3.33. The van der Waals surface area contributed by atoms with Crippen LogP contribution in [-0.2, 0) is 0 Å². The molecule has 0 atom stereocenters. The highest BCUT2D eigenvalue weighted by Gasteiger charge is 2.19. The summed E-state index contributed by atoms with van der Waals surface area (Å²) in [5.41, 5.74) is 2.24. The Labute approximate surface area is 133 Å². The van der Waals surface area contributed by atoms with Crippen LogP contribution in [0.25, 0.3) is 0 Å². The van der Waals surface area contributed by atoms with E-state index in [0.717, 1.165) is 44.6 Å². The number of benzene rings is 1. The van der Waals surface area contributed by atoms with Crippen molar-refractivity contribution in [3.63, 3.8) is 0 Å². The Morgan fingerprint density at radius 3 is 2.24 bits per heavy atom. The van der Waals surface area contributed by atoms with E-state index in [-0.39, 0.29) is 18.3 Å². The van der Waals surface area contributed by atoms with Crippen molar-refractivity contribution >= 4 is 18.3 Å². The van der Waals surface area contributed by atoms with Crippen LogP contribution in [0.3, 0.4) is 0 Å². The highest BCUT2D eigenvalue weighted by atomic mass is 35.5. The zero-order valence-electron chi connectivity index (χ0n) is 12.5. The van der Waals surface area contributed by atoms with Crippen molar-refractivity contribution in [1.82, 2.24) is 10.2 Å². The Hall–Kier alpha value is -1.06. The number of carbonyl (C=O) groups excluding carboxylic acids is 1. The summed E-state index contributed by atoms with van der Waals surface area (Å²) in [4.78, 5) is 14.4. The Bertz CT molecular complexity index is 448. The number of carbonyl (C=O) groups is 1. The van der Waals surface area contributed by atoms with Gasteiger partial charge in [0.05, 0.1) is 0 Å². The van der Waals surface area contributed by atoms with E-state index in [1.54, 1.807) is 0 Å². The molecule has 3 rings (SSSR count). The topological polar surface area (TPSA) is 32.3 Å². The molecule has 0 spiro atoms. The summed E-state index contributed by atoms with van der Waals surface area (Å²) in [5.74, 6) is 0.872. The summed E-state index contributed by atoms with van der Waals surface area (Å²) >= 11 is 0. The second kappa shape index (κ2) is 7.81. The van der Waals surface area contributed by atoms with Crippen LogP contribution in [0.4, 0.5) is 0 Å². The van der Waals surface area contributed by atoms with Gasteiger partial charge in [0.25, 0.3) is 5.91 Å². The van der Waals surface area contributed by atoms with Crippen LogP contribution >= 0.6 is 12.4 Å². The summed E-state index contributed by atoms with van der Waals surface area (Å²) in [6, 6.07) is 8.36. The summed E-state index contributed by atoms with van der Waals surface area (Å²) in [6.07, 6.45) is 5.98. The van der Waals surface area contributed by atoms with Crippen molar-refractivity contribution in [1.29, 1.82) is 0 Å². The number of halogens is 1. The zero-order chi connectivity index (χ0) is 13.8. The van der Waals surface area contributed by atoms with Gasteiger partial charge in [-0.3, -0.25) is 4.79 Å². The van der Waals surface area contributed by atoms with Gasteiger partial charge < -0.3 is 10.2 Å². The molecule has 2 fully saturated rings. The maximum absolute atomic E-state index is 12.4. The first-order valence-electron chi connectivity index (χ1n) is 7.94. The second-order valence-electron chi connectivity index (χ2n) is 6.00. The molecule has 1 N–H and O–H groups in total. The van der Waals surface area contributed by atoms with Gasteiger partial charge in [0.2, 0.25) is 0 Å². The highest BCUT2D eigenvalue weighted by molar-refractivity contribution is 5.94. The van der Waals surface area contributed by atoms with Crippen molar-refractivity contribution < 1.29 is 4.79 Å². The lowest BCUT2D eigenvalue weighted by Gasteiger charge is -2.27. The van der Waals surface area contributed by atoms with Crippen molar-refractivity contribution in [3.05, 3.63) is 35.4 Å². The SMILES string of the molecule is Cl.O=C(c1ccc(C2CCNCC2)cc1)N1CCCCC1. The van der Waals surface area contributed by atoms with E-state index in [9.17, 15) is 4.79 Å². The maximum Gasteiger partial charge on any atom is 0.253 e. The van der Waals surface area contributed by atoms with Crippen LogP contribution < -0.4 is 5.32 Å². The van der Waals surface area contributed by atoms with Gasteiger partial charge in [-0.2, -0.15) is 0 Å². The van der Waals surface area contributed by atoms with Gasteiger partial charge in [-0.1, -0.05) is 12.1 Å². The maximum atomic E-state index is 12.4. The predicted octanol–water partition coefficient (Wildman–Crippen LogP) is 3.20. The number of amides is 1. The Kier molecular flexibility index (Phi) is 6.07. The van der Waals surface area contributed by atoms with Crippen LogP contribution in [-0.4, -0.2) is 37.0 Å². The third-order valence-corrected chi connectivity index (χ3v) is 4.61. The number of piperidine rings is 2. The quantitative estimate of drug-likeness (QED) is 0.910. The van der Waals surface area contributed by atoms with Crippen LogP contribution in [0.2, 0.25) is 0 Å². The molecule has 0 aromatic heterocycles. The number of nitrogens with one attached hydrogen (secondary N) is 1. The first kappa shape index (κ1) is 16.3. The Morgan fingerprint density at radius 1 is 1.00 bits per heavy atom. The summed E-state index contributed by atoms with van der Waals surface area (Å²) in [7, 11) is 0. The van der Waals surface area contributed by atoms with E-state index < -0.39 is 0 Å². The number of likely N-dealkylation sites (tertiary alicyclic amines) is 1. The molecule has 2 aliphatic heterocycles. The van der Waals surface area contributed by atoms with E-state index in [0.29, 0.717) is 5.92 Å². The lowest BCUT2D eigenvalue weighted by molar-refractivity contribution is 0.0724. The van der Waals surface area contributed by atoms with E-state index in [4.69, 9.17) is 0 Å². The monoisotopic (exact) mass is 308 g/mol. The van der Waals surface area contributed by atoms with Gasteiger partial charge in [-0.25, -0.2) is 0 Å². The van der Waals surface area contributed by atoms with Gasteiger partial charge in [-0.05, 0) is 68.8 Å². The number of rotatable bonds is 2. The Morgan fingerprint density at radius 2 is 1.62 bits per heavy atom. The molecule has 2 heterocycles. The molecule has 1 aromatic carbocycles. The summed E-state index contributed by atoms with van der Waals surface area (Å²) < 4.78 is 0. The molecule has 1 aromatic rings. The van der Waals surface area contributed by atoms with Crippen molar-refractivity contribution in [2.75, 3.05) is 26.2 Å². The molecule has 116 valence electrons. The lowest BCUT2D eigenvalue weighted by atomic mass is 9.90. The molecule has 4 heteroatoms. The average molecular weight is 309 g/mol. The summed E-state index contributed by atoms with van der Waals surface area (Å²) in [5, 5.41) is 3.40. The smallest absolute Gasteiger partial charge is 0.253 e. The van der Waals surface area contributed by atoms with Crippen molar-refractivity contribution in [2.45, 2.75) is 38.0 Å². The van der Waals surface area contributed by atoms with Crippen LogP contribution in [0.1, 0.15) is 53.9 Å². The molecule has 2 saturated heterocycles. The molecule has 21 heavy (non-hydrogen) atoms. The molecule has 0 saturated carbocycles. The van der Waals surface area contributed by atoms with Crippen molar-refractivity contribution in [2.24, 2.45) is 0 Å². The molecule has 0 aliphatic carbocycles. The van der Waals surface area contributed by atoms with Gasteiger partial charge in [0, 0.05) is 18.7 Å². The standard InChI is InChI=1S/C17H24N2O.ClH/c20-17(19-12-2-1-3-13-19)16-6-4-14(5-7-16)15-8-10-18-11-9-15;/h4-7,15,18H,1-3,8-13H2;1H. The normalized spacial score (nSPS) is 19.9. The van der Waals surface area contributed by atoms with E-state index in [1.807, 2.05) is 17.0 Å². The predicted molar refractivity (Wildman–Crippen MR) is 88.3 cm³/mol. The zero-order valence-corrected chi connectivity index (χ0v) is 13.3. The molecular formula is C17H25ClN2O. The van der Waals surface area contributed by atoms with E-state index in [2.05, 4.69) is 17.4 Å². The van der Waals surface area contributed by atoms with Crippen molar-refractivity contribution in [3.8, 4) is 0 Å². The molecule has 2 aliphatic rings. The molecule has 0 radical (unpaired) electrons. The number of hydrogen-bond acceptors (Lipinski definition) is 2. The summed E-state index contributed by atoms with van der Waals surface area (Å²) in [6.45, 7) is 4.07. The van der Waals surface area contributed by atoms with E-state index in [1.165, 1.54) is 24.8 Å². The first-order valence-corrected chi connectivity index (χ1v) is 7.94. The average Bonchev–Trinajstić information content (AvgIpc) is 2.56. The second-order valence-corrected chi connectivity index (χ2v) is 6.00. The van der Waals surface area contributed by atoms with Gasteiger partial charge >= 0.3 is 0 Å². The third kappa shape index (κ3) is 3.98. The van der Waals surface area contributed by atoms with Gasteiger partial charge in [-0.15, -0.1) is 12.4 Å². The first-order chi connectivity index (χ1) is 9.84. The molecule has 1 amide bonds. The number of hydrogen-bond donors (Lipinski definition) is 1. The largest absolute Gasteiger partial charge is 0.339 e. The lowest BCUT2D eigenvalue weighted by Crippen LogP contribution is -2.35. The minimum Gasteiger partial charge on any atom is -0.339 e. The number of nitrogens with zero attached hydrogens (tertiary/aromatic N) is 1. The minimum absolute atomic E-state index is 0. The molecular weight excluding hydrogens is 284 g/mol. The molecule has 3 nitrogen and oxygen atoms in total. The van der Waals surface area contributed by atoms with Gasteiger partial charge in [0.1, 0.15) is 0 Å². The molecule has 0 unspecified atom stereocenters. The van der Waals surface area contributed by atoms with Crippen LogP contribution in [0.15, 0.2) is 24.3 Å². The minimum atomic E-state index is 0. The van der Waals surface area contributed by atoms with E-state index >= 15 is 0 Å². The molecule has 0 bridgehead atoms. The van der Waals surface area contributed by atoms with Gasteiger partial charge in [0.15, 0.2) is 0 Å². The fourth-order valence-corrected chi connectivity index (χ4v) is 3.33. The fraction of sp³-hybridized carbons (Fsp3) is 0.588. The highest BCUT2D eigenvalue weighted by Crippen LogP contribution is 2.25.